The largest absolute Gasteiger partial charge is 0.465 e. The Balaban J connectivity index is 0.00000242. The molecule has 21 heavy (non-hydrogen) atoms. The molecular formula is C15H15F2NO3. The molecule has 1 aromatic rings. The van der Waals surface area contributed by atoms with Crippen molar-refractivity contribution in [2.75, 3.05) is 7.11 Å². The molecule has 0 aromatic heterocycles. The molecule has 1 atom stereocenters. The first-order chi connectivity index (χ1) is 9.90. The fraction of sp³-hybridized carbons (Fsp3) is 0.267. The van der Waals surface area contributed by atoms with Crippen LogP contribution in [0.5, 0.6) is 0 Å². The number of benzene rings is 1. The Kier molecular flexibility index (Phi) is 4.19. The lowest BCUT2D eigenvalue weighted by atomic mass is 9.96. The molecule has 1 aliphatic rings. The van der Waals surface area contributed by atoms with Gasteiger partial charge < -0.3 is 10.1 Å². The molecule has 0 saturated carbocycles. The van der Waals surface area contributed by atoms with Gasteiger partial charge in [-0.05, 0) is 24.6 Å². The quantitative estimate of drug-likeness (QED) is 0.685. The van der Waals surface area contributed by atoms with Crippen molar-refractivity contribution < 1.29 is 24.5 Å². The number of esters is 1. The summed E-state index contributed by atoms with van der Waals surface area (Å²) in [5.41, 5.74) is 3.53. The van der Waals surface area contributed by atoms with E-state index in [1.165, 1.54) is 7.11 Å². The monoisotopic (exact) mass is 295 g/mol. The van der Waals surface area contributed by atoms with Gasteiger partial charge in [-0.15, -0.1) is 0 Å². The van der Waals surface area contributed by atoms with Crippen LogP contribution in [0.4, 0.5) is 8.78 Å². The van der Waals surface area contributed by atoms with Gasteiger partial charge in [-0.2, -0.15) is 0 Å². The van der Waals surface area contributed by atoms with Crippen molar-refractivity contribution in [3.63, 3.8) is 0 Å². The Hall–Kier alpha value is -2.46. The van der Waals surface area contributed by atoms with Gasteiger partial charge in [0.05, 0.1) is 24.3 Å². The summed E-state index contributed by atoms with van der Waals surface area (Å²) in [5.74, 6) is -2.37. The Morgan fingerprint density at radius 1 is 1.29 bits per heavy atom. The molecule has 0 bridgehead atoms. The van der Waals surface area contributed by atoms with E-state index < -0.39 is 29.6 Å². The molecule has 1 N–H and O–H groups in total. The normalized spacial score (nSPS) is 14.5. The highest BCUT2D eigenvalue weighted by Gasteiger charge is 2.25. The van der Waals surface area contributed by atoms with Gasteiger partial charge in [0.1, 0.15) is 11.6 Å². The minimum absolute atomic E-state index is 0. The molecule has 0 radical (unpaired) electrons. The molecule has 0 aliphatic heterocycles. The van der Waals surface area contributed by atoms with E-state index in [2.05, 4.69) is 15.8 Å². The highest BCUT2D eigenvalue weighted by molar-refractivity contribution is 6.01. The van der Waals surface area contributed by atoms with Gasteiger partial charge in [-0.25, -0.2) is 13.6 Å². The predicted molar refractivity (Wildman–Crippen MR) is 72.2 cm³/mol. The summed E-state index contributed by atoms with van der Waals surface area (Å²) < 4.78 is 30.7. The van der Waals surface area contributed by atoms with Crippen LogP contribution in [-0.4, -0.2) is 19.0 Å². The van der Waals surface area contributed by atoms with E-state index in [0.717, 1.165) is 18.2 Å². The zero-order chi connectivity index (χ0) is 15.6. The van der Waals surface area contributed by atoms with Crippen LogP contribution in [0.15, 0.2) is 35.1 Å². The number of halogens is 2. The first-order valence-electron chi connectivity index (χ1n) is 6.24. The number of hydrogen-bond donors (Lipinski definition) is 1. The topological polar surface area (TPSA) is 55.4 Å². The number of rotatable bonds is 4. The van der Waals surface area contributed by atoms with Crippen molar-refractivity contribution in [2.24, 2.45) is 0 Å². The summed E-state index contributed by atoms with van der Waals surface area (Å²) in [6, 6.07) is 2.49. The molecule has 112 valence electrons. The average Bonchev–Trinajstić information content (AvgIpc) is 2.35. The minimum atomic E-state index is -0.707. The second-order valence-corrected chi connectivity index (χ2v) is 4.65. The molecule has 0 spiro atoms. The number of hydrogen-bond acceptors (Lipinski definition) is 3. The van der Waals surface area contributed by atoms with Crippen LogP contribution in [0.1, 0.15) is 26.4 Å². The van der Waals surface area contributed by atoms with Crippen LogP contribution < -0.4 is 5.32 Å². The molecule has 4 nitrogen and oxygen atoms in total. The molecule has 0 fully saturated rings. The number of amides is 1. The van der Waals surface area contributed by atoms with E-state index in [9.17, 15) is 18.4 Å². The maximum Gasteiger partial charge on any atom is 0.341 e. The van der Waals surface area contributed by atoms with Gasteiger partial charge in [-0.1, -0.05) is 5.73 Å². The van der Waals surface area contributed by atoms with Crippen molar-refractivity contribution in [3.05, 3.63) is 52.3 Å². The number of ether oxygens (including phenoxy) is 1. The summed E-state index contributed by atoms with van der Waals surface area (Å²) in [6.07, 6.45) is 0.169. The first kappa shape index (κ1) is 14.9. The highest BCUT2D eigenvalue weighted by Crippen LogP contribution is 2.22. The maximum atomic E-state index is 13.1. The summed E-state index contributed by atoms with van der Waals surface area (Å²) >= 11 is 0. The van der Waals surface area contributed by atoms with Gasteiger partial charge in [0, 0.05) is 13.9 Å². The van der Waals surface area contributed by atoms with Gasteiger partial charge in [0.2, 0.25) is 0 Å². The summed E-state index contributed by atoms with van der Waals surface area (Å²) in [5, 5.41) is 2.59. The van der Waals surface area contributed by atoms with Gasteiger partial charge in [0.15, 0.2) is 0 Å². The van der Waals surface area contributed by atoms with E-state index in [1.54, 1.807) is 6.92 Å². The second kappa shape index (κ2) is 5.89. The number of carbonyl (C=O) groups is 2. The van der Waals surface area contributed by atoms with Crippen molar-refractivity contribution in [1.82, 2.24) is 5.32 Å². The van der Waals surface area contributed by atoms with Crippen molar-refractivity contribution in [3.8, 4) is 0 Å². The molecule has 1 aliphatic carbocycles. The number of nitrogens with one attached hydrogen (secondary N) is 1. The third kappa shape index (κ3) is 3.35. The van der Waals surface area contributed by atoms with Crippen molar-refractivity contribution >= 4 is 11.9 Å². The Morgan fingerprint density at radius 3 is 2.38 bits per heavy atom. The van der Waals surface area contributed by atoms with Gasteiger partial charge >= 0.3 is 5.97 Å². The van der Waals surface area contributed by atoms with Crippen LogP contribution in [0.3, 0.4) is 0 Å². The molecule has 1 aromatic carbocycles. The van der Waals surface area contributed by atoms with E-state index in [4.69, 9.17) is 0 Å². The lowest BCUT2D eigenvalue weighted by molar-refractivity contribution is -0.136. The summed E-state index contributed by atoms with van der Waals surface area (Å²) in [4.78, 5) is 23.0. The summed E-state index contributed by atoms with van der Waals surface area (Å²) in [7, 11) is 1.25. The van der Waals surface area contributed by atoms with E-state index in [0.29, 0.717) is 16.7 Å². The summed E-state index contributed by atoms with van der Waals surface area (Å²) in [6.45, 7) is 1.61. The van der Waals surface area contributed by atoms with E-state index in [1.807, 2.05) is 0 Å². The predicted octanol–water partition coefficient (Wildman–Crippen LogP) is 2.42. The zero-order valence-corrected chi connectivity index (χ0v) is 11.5. The number of methoxy groups -OCH3 is 1. The standard InChI is InChI=1S/C15H13F2NO3.H2/c1-8(9-5-12(16)7-13(17)6-9)18-14(19)10-3-11(4-10)15(20)21-2;/h5-8H,3H2,1-2H3,(H,18,19);1H/t8-;/m0./s1. The molecular weight excluding hydrogens is 280 g/mol. The fourth-order valence-electron chi connectivity index (χ4n) is 1.92. The van der Waals surface area contributed by atoms with Crippen LogP contribution in [0.2, 0.25) is 0 Å². The fourth-order valence-corrected chi connectivity index (χ4v) is 1.92. The third-order valence-electron chi connectivity index (χ3n) is 3.09. The average molecular weight is 295 g/mol. The Morgan fingerprint density at radius 2 is 1.86 bits per heavy atom. The zero-order valence-electron chi connectivity index (χ0n) is 11.5. The Labute approximate surface area is 121 Å². The van der Waals surface area contributed by atoms with Crippen molar-refractivity contribution in [2.45, 2.75) is 19.4 Å². The SMILES string of the molecule is COC(=O)C1=C=C(C(=O)N[C@@H](C)c2cc(F)cc(F)c2)C1.[HH]. The maximum absolute atomic E-state index is 13.1. The van der Waals surface area contributed by atoms with Crippen LogP contribution >= 0.6 is 0 Å². The lowest BCUT2D eigenvalue weighted by Crippen LogP contribution is -2.30. The molecule has 0 saturated heterocycles. The second-order valence-electron chi connectivity index (χ2n) is 4.65. The molecule has 0 heterocycles. The van der Waals surface area contributed by atoms with E-state index >= 15 is 0 Å². The molecule has 0 unspecified atom stereocenters. The lowest BCUT2D eigenvalue weighted by Gasteiger charge is -2.18. The van der Waals surface area contributed by atoms with Crippen LogP contribution in [0.25, 0.3) is 0 Å². The number of carbonyl (C=O) groups excluding carboxylic acids is 2. The van der Waals surface area contributed by atoms with Crippen LogP contribution in [-0.2, 0) is 14.3 Å². The van der Waals surface area contributed by atoms with E-state index in [-0.39, 0.29) is 7.85 Å². The van der Waals surface area contributed by atoms with Crippen LogP contribution in [0, 0.1) is 11.6 Å². The third-order valence-corrected chi connectivity index (χ3v) is 3.09. The highest BCUT2D eigenvalue weighted by atomic mass is 19.1. The molecule has 1 amide bonds. The first-order valence-corrected chi connectivity index (χ1v) is 6.24. The van der Waals surface area contributed by atoms with Crippen molar-refractivity contribution in [1.29, 1.82) is 0 Å². The Bertz CT molecular complexity index is 661. The molecule has 2 rings (SSSR count). The smallest absolute Gasteiger partial charge is 0.341 e. The minimum Gasteiger partial charge on any atom is -0.465 e. The van der Waals surface area contributed by atoms with Gasteiger partial charge in [-0.3, -0.25) is 4.79 Å². The van der Waals surface area contributed by atoms with Gasteiger partial charge in [0.25, 0.3) is 5.91 Å². The molecule has 6 heteroatoms.